The number of hydrogen-bond acceptors (Lipinski definition) is 4. The second-order valence-electron chi connectivity index (χ2n) is 6.41. The average molecular weight is 367 g/mol. The van der Waals surface area contributed by atoms with Crippen molar-refractivity contribution in [1.29, 1.82) is 0 Å². The summed E-state index contributed by atoms with van der Waals surface area (Å²) in [5.74, 6) is 1.87. The average Bonchev–Trinajstić information content (AvgIpc) is 3.37. The molecule has 1 atom stereocenters. The van der Waals surface area contributed by atoms with Gasteiger partial charge in [0.1, 0.15) is 23.7 Å². The number of benzene rings is 1. The first-order chi connectivity index (χ1) is 13.1. The normalized spacial score (nSPS) is 14.0. The minimum Gasteiger partial charge on any atom is -0.466 e. The number of aromatic nitrogens is 2. The zero-order valence-corrected chi connectivity index (χ0v) is 15.6. The minimum absolute atomic E-state index is 0.264. The van der Waals surface area contributed by atoms with Crippen molar-refractivity contribution in [2.45, 2.75) is 26.0 Å². The summed E-state index contributed by atoms with van der Waals surface area (Å²) in [6.07, 6.45) is 3.35. The number of rotatable bonds is 7. The summed E-state index contributed by atoms with van der Waals surface area (Å²) in [6, 6.07) is 13.5. The Morgan fingerprint density at radius 1 is 1.22 bits per heavy atom. The third kappa shape index (κ3) is 4.98. The Bertz CT molecular complexity index is 854. The van der Waals surface area contributed by atoms with E-state index in [4.69, 9.17) is 4.42 Å². The lowest BCUT2D eigenvalue weighted by atomic mass is 10.0. The van der Waals surface area contributed by atoms with E-state index in [1.54, 1.807) is 25.3 Å². The molecular formula is C20H25N5O2. The lowest BCUT2D eigenvalue weighted by molar-refractivity contribution is 0.0386. The molecule has 0 aliphatic heterocycles. The molecule has 7 heteroatoms. The zero-order valence-electron chi connectivity index (χ0n) is 15.6. The molecule has 0 saturated heterocycles. The molecule has 0 fully saturated rings. The molecule has 0 radical (unpaired) electrons. The van der Waals surface area contributed by atoms with Crippen LogP contribution in [0.5, 0.6) is 0 Å². The van der Waals surface area contributed by atoms with E-state index in [9.17, 15) is 5.11 Å². The van der Waals surface area contributed by atoms with E-state index in [0.717, 1.165) is 17.1 Å². The number of nitrogens with zero attached hydrogens (tertiary/aromatic N) is 2. The van der Waals surface area contributed by atoms with E-state index in [2.05, 4.69) is 25.6 Å². The number of aromatic amines is 1. The van der Waals surface area contributed by atoms with Gasteiger partial charge in [-0.25, -0.2) is 9.98 Å². The number of aliphatic imine (C=N–C) groups is 1. The first-order valence-corrected chi connectivity index (χ1v) is 8.96. The zero-order chi connectivity index (χ0) is 19.1. The van der Waals surface area contributed by atoms with Crippen molar-refractivity contribution in [1.82, 2.24) is 20.6 Å². The maximum Gasteiger partial charge on any atom is 0.191 e. The second kappa shape index (κ2) is 8.55. The van der Waals surface area contributed by atoms with Gasteiger partial charge in [-0.05, 0) is 31.5 Å². The summed E-state index contributed by atoms with van der Waals surface area (Å²) in [6.45, 7) is 5.05. The predicted octanol–water partition coefficient (Wildman–Crippen LogP) is 2.63. The van der Waals surface area contributed by atoms with Crippen LogP contribution in [0.15, 0.2) is 64.3 Å². The lowest BCUT2D eigenvalue weighted by Crippen LogP contribution is -2.44. The largest absolute Gasteiger partial charge is 0.466 e. The van der Waals surface area contributed by atoms with Crippen LogP contribution in [0.2, 0.25) is 0 Å². The number of hydrogen-bond donors (Lipinski definition) is 4. The van der Waals surface area contributed by atoms with E-state index in [1.165, 1.54) is 0 Å². The highest BCUT2D eigenvalue weighted by atomic mass is 16.4. The molecule has 27 heavy (non-hydrogen) atoms. The molecule has 0 spiro atoms. The Balaban J connectivity index is 1.63. The van der Waals surface area contributed by atoms with Gasteiger partial charge in [0.25, 0.3) is 0 Å². The Morgan fingerprint density at radius 2 is 2.04 bits per heavy atom. The van der Waals surface area contributed by atoms with E-state index in [0.29, 0.717) is 24.8 Å². The molecule has 0 bridgehead atoms. The van der Waals surface area contributed by atoms with Crippen LogP contribution in [0.3, 0.4) is 0 Å². The number of imidazole rings is 1. The summed E-state index contributed by atoms with van der Waals surface area (Å²) in [4.78, 5) is 12.2. The monoisotopic (exact) mass is 367 g/mol. The van der Waals surface area contributed by atoms with Crippen LogP contribution in [-0.4, -0.2) is 34.1 Å². The summed E-state index contributed by atoms with van der Waals surface area (Å²) >= 11 is 0. The van der Waals surface area contributed by atoms with Crippen LogP contribution in [0.1, 0.15) is 25.4 Å². The molecular weight excluding hydrogens is 342 g/mol. The summed E-state index contributed by atoms with van der Waals surface area (Å²) in [5, 5.41) is 16.9. The molecule has 7 nitrogen and oxygen atoms in total. The van der Waals surface area contributed by atoms with Crippen molar-refractivity contribution < 1.29 is 9.52 Å². The minimum atomic E-state index is -1.13. The smallest absolute Gasteiger partial charge is 0.191 e. The van der Waals surface area contributed by atoms with Crippen LogP contribution in [-0.2, 0) is 12.1 Å². The van der Waals surface area contributed by atoms with Crippen molar-refractivity contribution in [3.05, 3.63) is 66.5 Å². The van der Waals surface area contributed by atoms with Gasteiger partial charge in [0.05, 0.1) is 24.7 Å². The SMILES string of the molecule is CCNC(=NCc1ncc(-c2ccccc2)[nH]1)NCC(C)(O)c1ccco1. The number of aliphatic hydroxyl groups is 1. The van der Waals surface area contributed by atoms with Crippen molar-refractivity contribution in [2.75, 3.05) is 13.1 Å². The molecule has 2 heterocycles. The van der Waals surface area contributed by atoms with E-state index < -0.39 is 5.60 Å². The fraction of sp³-hybridized carbons (Fsp3) is 0.300. The van der Waals surface area contributed by atoms with Gasteiger partial charge in [0, 0.05) is 6.54 Å². The quantitative estimate of drug-likeness (QED) is 0.380. The molecule has 3 aromatic rings. The lowest BCUT2D eigenvalue weighted by Gasteiger charge is -2.22. The highest BCUT2D eigenvalue weighted by Crippen LogP contribution is 2.19. The van der Waals surface area contributed by atoms with Gasteiger partial charge >= 0.3 is 0 Å². The van der Waals surface area contributed by atoms with Gasteiger partial charge in [0.2, 0.25) is 0 Å². The Labute approximate surface area is 158 Å². The van der Waals surface area contributed by atoms with Crippen molar-refractivity contribution in [3.8, 4) is 11.3 Å². The molecule has 2 aromatic heterocycles. The molecule has 4 N–H and O–H groups in total. The maximum atomic E-state index is 10.5. The molecule has 0 aliphatic carbocycles. The van der Waals surface area contributed by atoms with Gasteiger partial charge in [-0.1, -0.05) is 30.3 Å². The number of guanidine groups is 1. The first kappa shape index (κ1) is 18.7. The predicted molar refractivity (Wildman–Crippen MR) is 105 cm³/mol. The Kier molecular flexibility index (Phi) is 5.93. The molecule has 1 aromatic carbocycles. The molecule has 0 amide bonds. The van der Waals surface area contributed by atoms with Crippen LogP contribution in [0, 0.1) is 0 Å². The van der Waals surface area contributed by atoms with E-state index in [-0.39, 0.29) is 6.54 Å². The van der Waals surface area contributed by atoms with Gasteiger partial charge in [0.15, 0.2) is 5.96 Å². The van der Waals surface area contributed by atoms with Gasteiger partial charge in [-0.3, -0.25) is 0 Å². The number of furan rings is 1. The summed E-state index contributed by atoms with van der Waals surface area (Å²) < 4.78 is 5.30. The number of nitrogens with one attached hydrogen (secondary N) is 3. The second-order valence-corrected chi connectivity index (χ2v) is 6.41. The van der Waals surface area contributed by atoms with E-state index >= 15 is 0 Å². The maximum absolute atomic E-state index is 10.5. The van der Waals surface area contributed by atoms with Gasteiger partial charge in [-0.2, -0.15) is 0 Å². The Morgan fingerprint density at radius 3 is 2.74 bits per heavy atom. The number of H-pyrrole nitrogens is 1. The topological polar surface area (TPSA) is 98.5 Å². The molecule has 0 aliphatic rings. The highest BCUT2D eigenvalue weighted by molar-refractivity contribution is 5.79. The molecule has 142 valence electrons. The summed E-state index contributed by atoms with van der Waals surface area (Å²) in [5.41, 5.74) is 0.907. The van der Waals surface area contributed by atoms with Crippen LogP contribution in [0.25, 0.3) is 11.3 Å². The summed E-state index contributed by atoms with van der Waals surface area (Å²) in [7, 11) is 0. The highest BCUT2D eigenvalue weighted by Gasteiger charge is 2.26. The van der Waals surface area contributed by atoms with Crippen molar-refractivity contribution >= 4 is 5.96 Å². The third-order valence-electron chi connectivity index (χ3n) is 4.10. The molecule has 0 saturated carbocycles. The fourth-order valence-electron chi connectivity index (χ4n) is 2.63. The van der Waals surface area contributed by atoms with Crippen molar-refractivity contribution in [3.63, 3.8) is 0 Å². The van der Waals surface area contributed by atoms with Crippen LogP contribution >= 0.6 is 0 Å². The van der Waals surface area contributed by atoms with Crippen LogP contribution < -0.4 is 10.6 Å². The fourth-order valence-corrected chi connectivity index (χ4v) is 2.63. The first-order valence-electron chi connectivity index (χ1n) is 8.96. The van der Waals surface area contributed by atoms with Gasteiger partial charge in [-0.15, -0.1) is 0 Å². The third-order valence-corrected chi connectivity index (χ3v) is 4.10. The Hall–Kier alpha value is -3.06. The van der Waals surface area contributed by atoms with E-state index in [1.807, 2.05) is 43.5 Å². The van der Waals surface area contributed by atoms with Crippen LogP contribution in [0.4, 0.5) is 0 Å². The standard InChI is InChI=1S/C20H25N5O2/c1-3-21-19(24-14-20(2,26)17-10-7-11-27-17)23-13-18-22-12-16(25-18)15-8-5-4-6-9-15/h4-12,26H,3,13-14H2,1-2H3,(H,22,25)(H2,21,23,24). The molecule has 1 unspecified atom stereocenters. The molecule has 3 rings (SSSR count). The van der Waals surface area contributed by atoms with Crippen molar-refractivity contribution in [2.24, 2.45) is 4.99 Å². The van der Waals surface area contributed by atoms with Gasteiger partial charge < -0.3 is 25.1 Å².